The van der Waals surface area contributed by atoms with Crippen LogP contribution in [0.3, 0.4) is 0 Å². The van der Waals surface area contributed by atoms with Crippen LogP contribution in [0.4, 0.5) is 17.6 Å². The summed E-state index contributed by atoms with van der Waals surface area (Å²) in [6.45, 7) is 1.96. The van der Waals surface area contributed by atoms with Gasteiger partial charge in [-0.05, 0) is 35.7 Å². The van der Waals surface area contributed by atoms with Gasteiger partial charge < -0.3 is 20.1 Å². The molecule has 0 aliphatic rings. The maximum Gasteiger partial charge on any atom is 0.411 e. The van der Waals surface area contributed by atoms with Gasteiger partial charge in [-0.15, -0.1) is 24.0 Å². The first kappa shape index (κ1) is 27.0. The highest BCUT2D eigenvalue weighted by Gasteiger charge is 2.27. The number of aliphatic imine (C=N–C) groups is 1. The summed E-state index contributed by atoms with van der Waals surface area (Å²) in [4.78, 5) is 4.44. The summed E-state index contributed by atoms with van der Waals surface area (Å²) in [6, 6.07) is 11.7. The van der Waals surface area contributed by atoms with E-state index < -0.39 is 18.6 Å². The Morgan fingerprint density at radius 1 is 1.00 bits per heavy atom. The van der Waals surface area contributed by atoms with Crippen LogP contribution >= 0.6 is 24.0 Å². The molecule has 0 atom stereocenters. The third kappa shape index (κ3) is 10.2. The minimum absolute atomic E-state index is 0. The second-order valence-electron chi connectivity index (χ2n) is 6.44. The van der Waals surface area contributed by atoms with Crippen molar-refractivity contribution >= 4 is 29.9 Å². The van der Waals surface area contributed by atoms with Gasteiger partial charge in [0.1, 0.15) is 6.61 Å². The summed E-state index contributed by atoms with van der Waals surface area (Å²) in [6.07, 6.45) is -4.33. The van der Waals surface area contributed by atoms with Gasteiger partial charge in [-0.25, -0.2) is 9.38 Å². The van der Waals surface area contributed by atoms with Crippen LogP contribution < -0.4 is 15.4 Å². The average Bonchev–Trinajstić information content (AvgIpc) is 2.70. The highest BCUT2D eigenvalue weighted by Crippen LogP contribution is 2.18. The lowest BCUT2D eigenvalue weighted by molar-refractivity contribution is -0.176. The standard InChI is InChI=1S/C21H25F4N3O2.HI/c1-3-26-20(28-12-17-8-9-19(29-2)18(22)10-17)27-11-15-4-6-16(7-5-15)13-30-14-21(23,24)25;/h4-10H,3,11-14H2,1-2H3,(H2,26,27,28);1H. The maximum atomic E-state index is 13.8. The molecular weight excluding hydrogens is 529 g/mol. The molecule has 0 radical (unpaired) electrons. The van der Waals surface area contributed by atoms with Crippen molar-refractivity contribution in [1.82, 2.24) is 10.6 Å². The summed E-state index contributed by atoms with van der Waals surface area (Å²) in [5, 5.41) is 6.27. The van der Waals surface area contributed by atoms with E-state index in [4.69, 9.17) is 4.74 Å². The highest BCUT2D eigenvalue weighted by atomic mass is 127. The quantitative estimate of drug-likeness (QED) is 0.202. The van der Waals surface area contributed by atoms with E-state index in [-0.39, 0.29) is 42.9 Å². The van der Waals surface area contributed by atoms with E-state index >= 15 is 0 Å². The largest absolute Gasteiger partial charge is 0.494 e. The monoisotopic (exact) mass is 555 g/mol. The van der Waals surface area contributed by atoms with Crippen molar-refractivity contribution in [3.63, 3.8) is 0 Å². The molecule has 2 aromatic rings. The molecule has 0 saturated carbocycles. The van der Waals surface area contributed by atoms with Crippen LogP contribution in [-0.4, -0.2) is 32.4 Å². The Balaban J connectivity index is 0.00000480. The Morgan fingerprint density at radius 3 is 2.23 bits per heavy atom. The van der Waals surface area contributed by atoms with E-state index in [1.807, 2.05) is 19.1 Å². The number of rotatable bonds is 9. The lowest BCUT2D eigenvalue weighted by Crippen LogP contribution is -2.36. The Hall–Kier alpha value is -2.08. The molecule has 10 heteroatoms. The lowest BCUT2D eigenvalue weighted by Gasteiger charge is -2.12. The molecule has 2 N–H and O–H groups in total. The van der Waals surface area contributed by atoms with Crippen LogP contribution in [0.5, 0.6) is 5.75 Å². The molecule has 0 saturated heterocycles. The minimum Gasteiger partial charge on any atom is -0.494 e. The average molecular weight is 555 g/mol. The molecule has 5 nitrogen and oxygen atoms in total. The normalized spacial score (nSPS) is 11.6. The first-order valence-corrected chi connectivity index (χ1v) is 9.37. The Kier molecular flexibility index (Phi) is 11.6. The van der Waals surface area contributed by atoms with Gasteiger partial charge >= 0.3 is 6.18 Å². The molecule has 2 rings (SSSR count). The van der Waals surface area contributed by atoms with Crippen molar-refractivity contribution in [3.8, 4) is 5.75 Å². The third-order valence-corrected chi connectivity index (χ3v) is 4.00. The zero-order chi connectivity index (χ0) is 22.0. The van der Waals surface area contributed by atoms with Crippen molar-refractivity contribution in [3.05, 3.63) is 65.0 Å². The van der Waals surface area contributed by atoms with Gasteiger partial charge in [0.25, 0.3) is 0 Å². The number of nitrogens with zero attached hydrogens (tertiary/aromatic N) is 1. The molecule has 31 heavy (non-hydrogen) atoms. The first-order chi connectivity index (χ1) is 14.3. The molecule has 0 spiro atoms. The van der Waals surface area contributed by atoms with E-state index in [1.165, 1.54) is 13.2 Å². The van der Waals surface area contributed by atoms with Crippen LogP contribution in [0.1, 0.15) is 23.6 Å². The number of guanidine groups is 1. The molecule has 0 fully saturated rings. The number of nitrogens with one attached hydrogen (secondary N) is 2. The Morgan fingerprint density at radius 2 is 1.65 bits per heavy atom. The lowest BCUT2D eigenvalue weighted by atomic mass is 10.1. The van der Waals surface area contributed by atoms with Crippen molar-refractivity contribution in [2.75, 3.05) is 20.3 Å². The Bertz CT molecular complexity index is 830. The second kappa shape index (κ2) is 13.4. The van der Waals surface area contributed by atoms with E-state index in [0.29, 0.717) is 30.2 Å². The fraction of sp³-hybridized carbons (Fsp3) is 0.381. The fourth-order valence-electron chi connectivity index (χ4n) is 2.54. The number of hydrogen-bond acceptors (Lipinski definition) is 3. The molecule has 0 amide bonds. The summed E-state index contributed by atoms with van der Waals surface area (Å²) in [5.41, 5.74) is 2.29. The predicted octanol–water partition coefficient (Wildman–Crippen LogP) is 4.79. The fourth-order valence-corrected chi connectivity index (χ4v) is 2.54. The Labute approximate surface area is 196 Å². The van der Waals surface area contributed by atoms with Crippen molar-refractivity contribution in [1.29, 1.82) is 0 Å². The number of alkyl halides is 3. The molecule has 0 unspecified atom stereocenters. The van der Waals surface area contributed by atoms with E-state index in [9.17, 15) is 17.6 Å². The van der Waals surface area contributed by atoms with E-state index in [0.717, 1.165) is 5.56 Å². The number of hydrogen-bond donors (Lipinski definition) is 2. The van der Waals surface area contributed by atoms with Gasteiger partial charge in [0.2, 0.25) is 0 Å². The molecule has 0 aromatic heterocycles. The summed E-state index contributed by atoms with van der Waals surface area (Å²) in [7, 11) is 1.41. The number of ether oxygens (including phenoxy) is 2. The maximum absolute atomic E-state index is 13.8. The van der Waals surface area contributed by atoms with Gasteiger partial charge in [0.05, 0.1) is 20.3 Å². The zero-order valence-electron chi connectivity index (χ0n) is 17.3. The van der Waals surface area contributed by atoms with Gasteiger partial charge in [-0.3, -0.25) is 0 Å². The van der Waals surface area contributed by atoms with E-state index in [2.05, 4.69) is 20.4 Å². The highest BCUT2D eigenvalue weighted by molar-refractivity contribution is 14.0. The molecule has 0 aliphatic heterocycles. The van der Waals surface area contributed by atoms with Crippen LogP contribution in [0.2, 0.25) is 0 Å². The summed E-state index contributed by atoms with van der Waals surface area (Å²) in [5.74, 6) is 0.300. The molecule has 0 bridgehead atoms. The van der Waals surface area contributed by atoms with Crippen molar-refractivity contribution < 1.29 is 27.0 Å². The molecule has 2 aromatic carbocycles. The molecule has 0 aliphatic carbocycles. The first-order valence-electron chi connectivity index (χ1n) is 9.37. The van der Waals surface area contributed by atoms with Crippen molar-refractivity contribution in [2.45, 2.75) is 32.8 Å². The molecule has 172 valence electrons. The summed E-state index contributed by atoms with van der Waals surface area (Å²) >= 11 is 0. The topological polar surface area (TPSA) is 54.9 Å². The van der Waals surface area contributed by atoms with Crippen LogP contribution in [0.25, 0.3) is 0 Å². The summed E-state index contributed by atoms with van der Waals surface area (Å²) < 4.78 is 59.7. The van der Waals surface area contributed by atoms with Crippen LogP contribution in [0, 0.1) is 5.82 Å². The van der Waals surface area contributed by atoms with Gasteiger partial charge in [-0.1, -0.05) is 30.3 Å². The molecular formula is C21H26F4IN3O2. The number of benzene rings is 2. The van der Waals surface area contributed by atoms with Gasteiger partial charge in [-0.2, -0.15) is 13.2 Å². The molecule has 0 heterocycles. The van der Waals surface area contributed by atoms with Crippen LogP contribution in [-0.2, 0) is 24.4 Å². The second-order valence-corrected chi connectivity index (χ2v) is 6.44. The third-order valence-electron chi connectivity index (χ3n) is 4.00. The number of halogens is 5. The zero-order valence-corrected chi connectivity index (χ0v) is 19.6. The number of methoxy groups -OCH3 is 1. The minimum atomic E-state index is -4.33. The smallest absolute Gasteiger partial charge is 0.411 e. The van der Waals surface area contributed by atoms with Crippen LogP contribution in [0.15, 0.2) is 47.5 Å². The van der Waals surface area contributed by atoms with Gasteiger partial charge in [0.15, 0.2) is 17.5 Å². The van der Waals surface area contributed by atoms with Gasteiger partial charge in [0, 0.05) is 13.1 Å². The van der Waals surface area contributed by atoms with Crippen molar-refractivity contribution in [2.24, 2.45) is 4.99 Å². The SMILES string of the molecule is CCNC(=NCc1ccc(OC)c(F)c1)NCc1ccc(COCC(F)(F)F)cc1.I. The predicted molar refractivity (Wildman–Crippen MR) is 122 cm³/mol. The van der Waals surface area contributed by atoms with E-state index in [1.54, 1.807) is 24.3 Å².